The van der Waals surface area contributed by atoms with Crippen LogP contribution in [0.3, 0.4) is 0 Å². The number of thiophene rings is 1. The molecule has 0 N–H and O–H groups in total. The highest BCUT2D eigenvalue weighted by atomic mass is 32.1. The van der Waals surface area contributed by atoms with Crippen molar-refractivity contribution in [3.8, 4) is 11.4 Å². The second-order valence-corrected chi connectivity index (χ2v) is 8.96. The molecule has 4 heterocycles. The topological polar surface area (TPSA) is 42.1 Å². The van der Waals surface area contributed by atoms with Gasteiger partial charge in [-0.2, -0.15) is 5.10 Å². The van der Waals surface area contributed by atoms with Crippen molar-refractivity contribution in [2.75, 3.05) is 26.2 Å². The molecule has 1 saturated heterocycles. The maximum atomic E-state index is 5.80. The minimum Gasteiger partial charge on any atom is -0.297 e. The van der Waals surface area contributed by atoms with E-state index in [-0.39, 0.29) is 0 Å². The second-order valence-electron chi connectivity index (χ2n) is 7.56. The highest BCUT2D eigenvalue weighted by molar-refractivity contribution is 7.71. The third-order valence-electron chi connectivity index (χ3n) is 5.46. The third-order valence-corrected chi connectivity index (χ3v) is 6.73. The third kappa shape index (κ3) is 3.82. The molecule has 0 aromatic carbocycles. The number of piperazine rings is 1. The molecule has 0 amide bonds. The molecule has 1 aliphatic heterocycles. The van der Waals surface area contributed by atoms with Crippen LogP contribution in [0.15, 0.2) is 42.0 Å². The lowest BCUT2D eigenvalue weighted by Crippen LogP contribution is -2.46. The van der Waals surface area contributed by atoms with Crippen molar-refractivity contribution in [1.82, 2.24) is 29.1 Å². The maximum absolute atomic E-state index is 5.80. The van der Waals surface area contributed by atoms with E-state index in [1.807, 2.05) is 28.3 Å². The van der Waals surface area contributed by atoms with E-state index in [4.69, 9.17) is 17.3 Å². The lowest BCUT2D eigenvalue weighted by molar-refractivity contribution is 0.0987. The molecule has 146 valence electrons. The number of hydrogen-bond donors (Lipinski definition) is 0. The first-order chi connectivity index (χ1) is 13.8. The molecule has 6 nitrogen and oxygen atoms in total. The van der Waals surface area contributed by atoms with Gasteiger partial charge in [-0.3, -0.25) is 19.4 Å². The molecule has 0 bridgehead atoms. The van der Waals surface area contributed by atoms with Crippen molar-refractivity contribution in [2.45, 2.75) is 32.1 Å². The first kappa shape index (κ1) is 18.2. The summed E-state index contributed by atoms with van der Waals surface area (Å²) in [7, 11) is 0. The number of pyridine rings is 1. The number of rotatable bonds is 6. The molecular weight excluding hydrogens is 388 g/mol. The lowest BCUT2D eigenvalue weighted by atomic mass is 10.3. The van der Waals surface area contributed by atoms with Crippen molar-refractivity contribution in [2.24, 2.45) is 0 Å². The Morgan fingerprint density at radius 3 is 2.57 bits per heavy atom. The van der Waals surface area contributed by atoms with Crippen LogP contribution in [0.25, 0.3) is 11.4 Å². The number of aromatic nitrogens is 4. The molecule has 0 spiro atoms. The fourth-order valence-corrected chi connectivity index (χ4v) is 4.85. The van der Waals surface area contributed by atoms with Gasteiger partial charge in [0.15, 0.2) is 10.6 Å². The van der Waals surface area contributed by atoms with Crippen LogP contribution in [0, 0.1) is 4.77 Å². The van der Waals surface area contributed by atoms with E-state index in [2.05, 4.69) is 42.9 Å². The van der Waals surface area contributed by atoms with Gasteiger partial charge < -0.3 is 0 Å². The van der Waals surface area contributed by atoms with Gasteiger partial charge in [-0.05, 0) is 48.6 Å². The highest BCUT2D eigenvalue weighted by Crippen LogP contribution is 2.38. The molecule has 3 aromatic heterocycles. The highest BCUT2D eigenvalue weighted by Gasteiger charge is 2.29. The Hall–Kier alpha value is -1.87. The van der Waals surface area contributed by atoms with Gasteiger partial charge in [-0.15, -0.1) is 11.3 Å². The van der Waals surface area contributed by atoms with Crippen molar-refractivity contribution in [1.29, 1.82) is 0 Å². The number of nitrogens with zero attached hydrogens (tertiary/aromatic N) is 6. The van der Waals surface area contributed by atoms with Crippen LogP contribution in [-0.2, 0) is 13.2 Å². The van der Waals surface area contributed by atoms with Crippen molar-refractivity contribution < 1.29 is 0 Å². The molecule has 8 heteroatoms. The second kappa shape index (κ2) is 7.87. The summed E-state index contributed by atoms with van der Waals surface area (Å²) in [5.41, 5.74) is 1.04. The normalized spacial score (nSPS) is 18.6. The summed E-state index contributed by atoms with van der Waals surface area (Å²) in [6, 6.07) is 8.88. The van der Waals surface area contributed by atoms with E-state index in [1.54, 1.807) is 6.20 Å². The summed E-state index contributed by atoms with van der Waals surface area (Å²) in [6.45, 7) is 6.09. The number of hydrogen-bond acceptors (Lipinski definition) is 6. The Morgan fingerprint density at radius 1 is 1.07 bits per heavy atom. The Bertz CT molecular complexity index is 966. The summed E-state index contributed by atoms with van der Waals surface area (Å²) in [4.78, 5) is 10.7. The quantitative estimate of drug-likeness (QED) is 0.578. The molecule has 5 rings (SSSR count). The van der Waals surface area contributed by atoms with Crippen LogP contribution in [0.4, 0.5) is 0 Å². The van der Waals surface area contributed by atoms with Gasteiger partial charge in [0.05, 0.1) is 6.67 Å². The van der Waals surface area contributed by atoms with Crippen LogP contribution in [0.5, 0.6) is 0 Å². The van der Waals surface area contributed by atoms with E-state index in [0.29, 0.717) is 6.04 Å². The zero-order chi connectivity index (χ0) is 18.9. The van der Waals surface area contributed by atoms with E-state index >= 15 is 0 Å². The van der Waals surface area contributed by atoms with Gasteiger partial charge >= 0.3 is 0 Å². The van der Waals surface area contributed by atoms with Gasteiger partial charge in [0, 0.05) is 61.6 Å². The van der Waals surface area contributed by atoms with Gasteiger partial charge in [0.25, 0.3) is 0 Å². The van der Waals surface area contributed by atoms with Crippen LogP contribution in [0.1, 0.15) is 23.8 Å². The molecule has 3 aromatic rings. The molecule has 0 unspecified atom stereocenters. The van der Waals surface area contributed by atoms with Crippen LogP contribution in [0.2, 0.25) is 0 Å². The van der Waals surface area contributed by atoms with Crippen molar-refractivity contribution in [3.05, 3.63) is 51.7 Å². The molecule has 1 aliphatic carbocycles. The smallest absolute Gasteiger partial charge is 0.199 e. The molecule has 1 saturated carbocycles. The molecule has 2 aliphatic rings. The zero-order valence-corrected chi connectivity index (χ0v) is 17.4. The van der Waals surface area contributed by atoms with Crippen LogP contribution < -0.4 is 0 Å². The largest absolute Gasteiger partial charge is 0.297 e. The van der Waals surface area contributed by atoms with E-state index in [1.165, 1.54) is 17.7 Å². The Labute approximate surface area is 174 Å². The zero-order valence-electron chi connectivity index (χ0n) is 15.8. The lowest BCUT2D eigenvalue weighted by Gasteiger charge is -2.34. The SMILES string of the molecule is S=c1n(CN2CCN(Cc3cccs3)CC2)nc(-c2cccnc2)n1C1CC1. The predicted octanol–water partition coefficient (Wildman–Crippen LogP) is 3.65. The summed E-state index contributed by atoms with van der Waals surface area (Å²) >= 11 is 7.65. The summed E-state index contributed by atoms with van der Waals surface area (Å²) < 4.78 is 5.08. The maximum Gasteiger partial charge on any atom is 0.199 e. The van der Waals surface area contributed by atoms with Crippen LogP contribution >= 0.6 is 23.6 Å². The first-order valence-electron chi connectivity index (χ1n) is 9.85. The molecule has 0 radical (unpaired) electrons. The van der Waals surface area contributed by atoms with Crippen molar-refractivity contribution >= 4 is 23.6 Å². The Kier molecular flexibility index (Phi) is 5.11. The van der Waals surface area contributed by atoms with Crippen LogP contribution in [-0.4, -0.2) is 55.3 Å². The molecule has 2 fully saturated rings. The minimum absolute atomic E-state index is 0.499. The Balaban J connectivity index is 1.29. The van der Waals surface area contributed by atoms with Gasteiger partial charge in [0.2, 0.25) is 0 Å². The van der Waals surface area contributed by atoms with Gasteiger partial charge in [0.1, 0.15) is 0 Å². The molecule has 0 atom stereocenters. The monoisotopic (exact) mass is 412 g/mol. The summed E-state index contributed by atoms with van der Waals surface area (Å²) in [5.74, 6) is 0.955. The predicted molar refractivity (Wildman–Crippen MR) is 114 cm³/mol. The van der Waals surface area contributed by atoms with E-state index in [0.717, 1.165) is 55.6 Å². The fourth-order valence-electron chi connectivity index (χ4n) is 3.77. The van der Waals surface area contributed by atoms with Gasteiger partial charge in [-0.1, -0.05) is 6.07 Å². The molecule has 28 heavy (non-hydrogen) atoms. The average molecular weight is 413 g/mol. The first-order valence-corrected chi connectivity index (χ1v) is 11.1. The fraction of sp³-hybridized carbons (Fsp3) is 0.450. The van der Waals surface area contributed by atoms with Crippen molar-refractivity contribution in [3.63, 3.8) is 0 Å². The summed E-state index contributed by atoms with van der Waals surface area (Å²) in [6.07, 6.45) is 6.05. The van der Waals surface area contributed by atoms with Gasteiger partial charge in [-0.25, -0.2) is 4.68 Å². The van der Waals surface area contributed by atoms with E-state index < -0.39 is 0 Å². The standard InChI is InChI=1S/C20H24N6S2/c27-20-25(15-24-10-8-23(9-11-24)14-18-4-2-12-28-18)22-19(26(20)17-5-6-17)16-3-1-7-21-13-16/h1-4,7,12-13,17H,5-6,8-11,14-15H2. The molecular formula is C20H24N6S2. The Morgan fingerprint density at radius 2 is 1.89 bits per heavy atom. The summed E-state index contributed by atoms with van der Waals surface area (Å²) in [5, 5.41) is 7.05. The average Bonchev–Trinajstić information content (AvgIpc) is 3.33. The van der Waals surface area contributed by atoms with E-state index in [9.17, 15) is 0 Å². The minimum atomic E-state index is 0.499.